The molecule has 214 valence electrons. The number of benzene rings is 3. The molecule has 1 aliphatic rings. The van der Waals surface area contributed by atoms with E-state index in [0.29, 0.717) is 53.6 Å². The molecule has 1 amide bonds. The summed E-state index contributed by atoms with van der Waals surface area (Å²) in [5.74, 6) is -0.598. The Kier molecular flexibility index (Phi) is 7.96. The van der Waals surface area contributed by atoms with Gasteiger partial charge in [0.15, 0.2) is 4.90 Å². The van der Waals surface area contributed by atoms with E-state index in [1.54, 1.807) is 42.5 Å². The van der Waals surface area contributed by atoms with Crippen LogP contribution in [0.4, 0.5) is 0 Å². The van der Waals surface area contributed by atoms with Crippen LogP contribution in [0.5, 0.6) is 5.88 Å². The van der Waals surface area contributed by atoms with Crippen LogP contribution in [0.1, 0.15) is 72.0 Å². The highest BCUT2D eigenvalue weighted by atomic mass is 32.2. The molecule has 2 N–H and O–H groups in total. The number of hydrogen-bond donors (Lipinski definition) is 2. The number of fused-ring (bicyclic) bond motifs is 1. The number of hydrogen-bond acceptors (Lipinski definition) is 7. The van der Waals surface area contributed by atoms with Crippen molar-refractivity contribution in [1.29, 1.82) is 5.26 Å². The average molecular weight is 583 g/mol. The third-order valence-electron chi connectivity index (χ3n) is 7.55. The molecule has 1 unspecified atom stereocenters. The minimum atomic E-state index is -4.50. The Morgan fingerprint density at radius 2 is 1.81 bits per heavy atom. The first-order valence-corrected chi connectivity index (χ1v) is 15.3. The first kappa shape index (κ1) is 28.8. The van der Waals surface area contributed by atoms with Crippen LogP contribution >= 0.6 is 0 Å². The van der Waals surface area contributed by atoms with Crippen LogP contribution in [0.3, 0.4) is 0 Å². The molecule has 1 atom stereocenters. The number of sulfone groups is 1. The third-order valence-corrected chi connectivity index (χ3v) is 9.34. The van der Waals surface area contributed by atoms with Crippen molar-refractivity contribution in [2.75, 3.05) is 0 Å². The number of rotatable bonds is 9. The van der Waals surface area contributed by atoms with Gasteiger partial charge in [-0.15, -0.1) is 0 Å². The highest BCUT2D eigenvalue weighted by molar-refractivity contribution is 7.91. The molecule has 3 aromatic carbocycles. The number of unbranched alkanes of at least 4 members (excludes halogenated alkanes) is 1. The van der Waals surface area contributed by atoms with E-state index in [9.17, 15) is 28.4 Å². The standard InChI is InChI=1S/C32H30N4O5S/c1-3-5-12-27-35-31(38)29(32(39)36(27)26(4-2)22-9-6-8-20(17-22)18-33)42(40,41)24-15-13-21(14-16-24)25-11-7-10-23-19-34-30(37)28(23)25/h6-11,13-17,26,39H,3-5,12,19H2,1-2H3,(H,34,37). The first-order chi connectivity index (χ1) is 20.2. The fraction of sp³-hybridized carbons (Fsp3) is 0.250. The molecule has 0 saturated heterocycles. The number of aryl methyl sites for hydroxylation is 1. The molecule has 4 aromatic rings. The lowest BCUT2D eigenvalue weighted by Gasteiger charge is -2.25. The van der Waals surface area contributed by atoms with Gasteiger partial charge in [0.1, 0.15) is 5.82 Å². The molecule has 9 nitrogen and oxygen atoms in total. The second kappa shape index (κ2) is 11.6. The monoisotopic (exact) mass is 582 g/mol. The minimum Gasteiger partial charge on any atom is -0.493 e. The van der Waals surface area contributed by atoms with Crippen molar-refractivity contribution >= 4 is 15.7 Å². The van der Waals surface area contributed by atoms with Crippen molar-refractivity contribution in [3.8, 4) is 23.1 Å². The van der Waals surface area contributed by atoms with Gasteiger partial charge in [-0.25, -0.2) is 8.42 Å². The van der Waals surface area contributed by atoms with Gasteiger partial charge in [-0.05, 0) is 59.4 Å². The minimum absolute atomic E-state index is 0.190. The van der Waals surface area contributed by atoms with Gasteiger partial charge >= 0.3 is 0 Å². The molecular weight excluding hydrogens is 552 g/mol. The summed E-state index contributed by atoms with van der Waals surface area (Å²) in [5, 5.41) is 23.8. The average Bonchev–Trinajstić information content (AvgIpc) is 3.38. The van der Waals surface area contributed by atoms with Gasteiger partial charge in [0, 0.05) is 13.0 Å². The Hall–Kier alpha value is -4.75. The van der Waals surface area contributed by atoms with Gasteiger partial charge in [0.2, 0.25) is 15.7 Å². The Morgan fingerprint density at radius 3 is 2.50 bits per heavy atom. The number of carbonyl (C=O) groups is 1. The van der Waals surface area contributed by atoms with E-state index in [4.69, 9.17) is 0 Å². The molecule has 0 radical (unpaired) electrons. The van der Waals surface area contributed by atoms with E-state index in [1.165, 1.54) is 16.7 Å². The number of aromatic hydroxyl groups is 1. The number of nitriles is 1. The summed E-state index contributed by atoms with van der Waals surface area (Å²) >= 11 is 0. The van der Waals surface area contributed by atoms with Crippen molar-refractivity contribution in [2.45, 2.75) is 61.9 Å². The van der Waals surface area contributed by atoms with Crippen molar-refractivity contribution in [3.63, 3.8) is 0 Å². The van der Waals surface area contributed by atoms with Gasteiger partial charge < -0.3 is 10.4 Å². The molecule has 1 aromatic heterocycles. The molecule has 2 heterocycles. The van der Waals surface area contributed by atoms with Gasteiger partial charge in [0.05, 0.1) is 28.1 Å². The Labute approximate surface area is 244 Å². The second-order valence-corrected chi connectivity index (χ2v) is 12.1. The van der Waals surface area contributed by atoms with Crippen molar-refractivity contribution < 1.29 is 18.3 Å². The molecule has 0 fully saturated rings. The lowest BCUT2D eigenvalue weighted by molar-refractivity contribution is 0.0966. The molecule has 42 heavy (non-hydrogen) atoms. The van der Waals surface area contributed by atoms with Gasteiger partial charge in [-0.3, -0.25) is 14.2 Å². The summed E-state index contributed by atoms with van der Waals surface area (Å²) in [7, 11) is -4.50. The zero-order valence-corrected chi connectivity index (χ0v) is 24.1. The summed E-state index contributed by atoms with van der Waals surface area (Å²) in [6, 6.07) is 19.8. The van der Waals surface area contributed by atoms with Crippen LogP contribution in [0.2, 0.25) is 0 Å². The molecule has 1 aliphatic heterocycles. The molecule has 5 rings (SSSR count). The lowest BCUT2D eigenvalue weighted by atomic mass is 9.97. The fourth-order valence-corrected chi connectivity index (χ4v) is 6.80. The van der Waals surface area contributed by atoms with Crippen molar-refractivity contribution in [2.24, 2.45) is 0 Å². The maximum absolute atomic E-state index is 13.9. The van der Waals surface area contributed by atoms with Gasteiger partial charge in [-0.2, -0.15) is 10.2 Å². The van der Waals surface area contributed by atoms with Crippen LogP contribution < -0.4 is 10.9 Å². The topological polar surface area (TPSA) is 142 Å². The predicted molar refractivity (Wildman–Crippen MR) is 157 cm³/mol. The predicted octanol–water partition coefficient (Wildman–Crippen LogP) is 4.91. The zero-order valence-electron chi connectivity index (χ0n) is 23.3. The quantitative estimate of drug-likeness (QED) is 0.286. The highest BCUT2D eigenvalue weighted by Gasteiger charge is 2.32. The summed E-state index contributed by atoms with van der Waals surface area (Å²) in [5.41, 5.74) is 2.79. The van der Waals surface area contributed by atoms with Crippen LogP contribution in [-0.4, -0.2) is 29.0 Å². The van der Waals surface area contributed by atoms with Gasteiger partial charge in [-0.1, -0.05) is 62.7 Å². The van der Waals surface area contributed by atoms with Crippen LogP contribution in [0.25, 0.3) is 11.1 Å². The summed E-state index contributed by atoms with van der Waals surface area (Å²) < 4.78 is 29.2. The van der Waals surface area contributed by atoms with E-state index in [-0.39, 0.29) is 16.6 Å². The van der Waals surface area contributed by atoms with Crippen molar-refractivity contribution in [1.82, 2.24) is 14.9 Å². The van der Waals surface area contributed by atoms with E-state index in [2.05, 4.69) is 16.4 Å². The molecule has 0 spiro atoms. The van der Waals surface area contributed by atoms with E-state index in [0.717, 1.165) is 12.0 Å². The maximum atomic E-state index is 13.9. The Balaban J connectivity index is 1.63. The van der Waals surface area contributed by atoms with Crippen LogP contribution in [0, 0.1) is 11.3 Å². The van der Waals surface area contributed by atoms with Crippen molar-refractivity contribution in [3.05, 3.63) is 105 Å². The molecule has 10 heteroatoms. The van der Waals surface area contributed by atoms with Crippen LogP contribution in [-0.2, 0) is 22.8 Å². The summed E-state index contributed by atoms with van der Waals surface area (Å²) in [6.07, 6.45) is 2.28. The largest absolute Gasteiger partial charge is 0.493 e. The Bertz CT molecular complexity index is 1890. The highest BCUT2D eigenvalue weighted by Crippen LogP contribution is 2.35. The number of aromatic nitrogens is 2. The SMILES string of the molecule is CCCCc1nc(=O)c(S(=O)(=O)c2ccc(-c3cccc4c3C(=O)NC4)cc2)c(O)n1C(CC)c1cccc(C#N)c1. The normalized spacial score (nSPS) is 13.3. The first-order valence-electron chi connectivity index (χ1n) is 13.8. The van der Waals surface area contributed by atoms with Crippen LogP contribution in [0.15, 0.2) is 81.3 Å². The fourth-order valence-electron chi connectivity index (χ4n) is 5.46. The number of nitrogens with one attached hydrogen (secondary N) is 1. The number of nitrogens with zero attached hydrogens (tertiary/aromatic N) is 3. The summed E-state index contributed by atoms with van der Waals surface area (Å²) in [6.45, 7) is 4.29. The Morgan fingerprint density at radius 1 is 1.07 bits per heavy atom. The molecule has 0 bridgehead atoms. The lowest BCUT2D eigenvalue weighted by Crippen LogP contribution is -2.27. The maximum Gasteiger partial charge on any atom is 0.296 e. The summed E-state index contributed by atoms with van der Waals surface area (Å²) in [4.78, 5) is 28.8. The van der Waals surface area contributed by atoms with E-state index < -0.39 is 32.2 Å². The smallest absolute Gasteiger partial charge is 0.296 e. The molecule has 0 aliphatic carbocycles. The second-order valence-electron chi connectivity index (χ2n) is 10.2. The molecular formula is C32H30N4O5S. The van der Waals surface area contributed by atoms with E-state index >= 15 is 0 Å². The molecule has 0 saturated carbocycles. The number of amides is 1. The third kappa shape index (κ3) is 5.08. The zero-order chi connectivity index (χ0) is 30.0. The van der Waals surface area contributed by atoms with E-state index in [1.807, 2.05) is 26.0 Å². The number of carbonyl (C=O) groups excluding carboxylic acids is 1. The van der Waals surface area contributed by atoms with Gasteiger partial charge in [0.25, 0.3) is 11.5 Å².